The minimum atomic E-state index is -0.386. The first-order valence-electron chi connectivity index (χ1n) is 11.5. The van der Waals surface area contributed by atoms with Gasteiger partial charge >= 0.3 is 0 Å². The molecule has 8 heteroatoms. The molecule has 0 aromatic heterocycles. The van der Waals surface area contributed by atoms with E-state index in [0.29, 0.717) is 35.0 Å². The molecule has 1 amide bonds. The standard InChI is InChI=1S/C26H28BrFN2O4/c1-16(2)25-24(31)23-21(5-3-6-22(23)34-25)33-14-4-11-30-12-9-18(10-13-30)29-26(32)17-7-8-20(28)19(27)15-17/h3,5-8,15,18H,4,9-14H2,1-2H3,(H,29,32). The average molecular weight is 531 g/mol. The van der Waals surface area contributed by atoms with Crippen LogP contribution in [0.5, 0.6) is 11.5 Å². The van der Waals surface area contributed by atoms with Crippen molar-refractivity contribution in [2.75, 3.05) is 26.2 Å². The third kappa shape index (κ3) is 5.50. The van der Waals surface area contributed by atoms with Crippen molar-refractivity contribution in [2.24, 2.45) is 0 Å². The first-order chi connectivity index (χ1) is 16.3. The van der Waals surface area contributed by atoms with Crippen molar-refractivity contribution in [3.05, 3.63) is 69.1 Å². The van der Waals surface area contributed by atoms with Crippen LogP contribution in [-0.2, 0) is 0 Å². The Morgan fingerprint density at radius 3 is 2.71 bits per heavy atom. The van der Waals surface area contributed by atoms with Gasteiger partial charge in [-0.1, -0.05) is 6.07 Å². The summed E-state index contributed by atoms with van der Waals surface area (Å²) in [4.78, 5) is 27.4. The number of carbonyl (C=O) groups is 2. The smallest absolute Gasteiger partial charge is 0.251 e. The van der Waals surface area contributed by atoms with Gasteiger partial charge in [-0.2, -0.15) is 0 Å². The number of likely N-dealkylation sites (tertiary alicyclic amines) is 1. The average Bonchev–Trinajstić information content (AvgIpc) is 3.17. The van der Waals surface area contributed by atoms with Gasteiger partial charge in [0.05, 0.1) is 11.1 Å². The molecular weight excluding hydrogens is 503 g/mol. The zero-order valence-corrected chi connectivity index (χ0v) is 20.9. The van der Waals surface area contributed by atoms with Crippen LogP contribution in [0, 0.1) is 5.82 Å². The van der Waals surface area contributed by atoms with Gasteiger partial charge in [0.1, 0.15) is 22.9 Å². The number of hydrogen-bond acceptors (Lipinski definition) is 5. The Kier molecular flexibility index (Phi) is 7.68. The molecule has 2 heterocycles. The molecule has 2 aliphatic heterocycles. The Hall–Kier alpha value is -2.71. The fourth-order valence-electron chi connectivity index (χ4n) is 4.22. The molecular formula is C26H28BrFN2O4. The van der Waals surface area contributed by atoms with E-state index in [1.165, 1.54) is 18.2 Å². The molecule has 180 valence electrons. The van der Waals surface area contributed by atoms with Crippen molar-refractivity contribution in [1.29, 1.82) is 0 Å². The molecule has 0 aliphatic carbocycles. The van der Waals surface area contributed by atoms with E-state index in [1.54, 1.807) is 6.07 Å². The number of nitrogens with zero attached hydrogens (tertiary/aromatic N) is 1. The maximum atomic E-state index is 13.4. The minimum absolute atomic E-state index is 0.103. The fourth-order valence-corrected chi connectivity index (χ4v) is 4.60. The lowest BCUT2D eigenvalue weighted by Crippen LogP contribution is -2.45. The van der Waals surface area contributed by atoms with E-state index in [9.17, 15) is 14.0 Å². The SMILES string of the molecule is CC(C)=C1Oc2cccc(OCCCN3CCC(NC(=O)c4ccc(F)c(Br)c4)CC3)c2C1=O. The van der Waals surface area contributed by atoms with Crippen molar-refractivity contribution in [3.63, 3.8) is 0 Å². The van der Waals surface area contributed by atoms with Crippen molar-refractivity contribution >= 4 is 27.6 Å². The summed E-state index contributed by atoms with van der Waals surface area (Å²) in [7, 11) is 0. The Labute approximate surface area is 207 Å². The molecule has 1 saturated heterocycles. The number of halogens is 2. The number of ketones is 1. The van der Waals surface area contributed by atoms with Crippen LogP contribution in [0.15, 0.2) is 52.2 Å². The second-order valence-corrected chi connectivity index (χ2v) is 9.66. The predicted octanol–water partition coefficient (Wildman–Crippen LogP) is 5.12. The molecule has 0 spiro atoms. The molecule has 4 rings (SSSR count). The maximum absolute atomic E-state index is 13.4. The van der Waals surface area contributed by atoms with Crippen molar-refractivity contribution < 1.29 is 23.5 Å². The summed E-state index contributed by atoms with van der Waals surface area (Å²) in [6, 6.07) is 9.81. The van der Waals surface area contributed by atoms with Gasteiger partial charge in [0, 0.05) is 31.2 Å². The van der Waals surface area contributed by atoms with Crippen LogP contribution >= 0.6 is 15.9 Å². The Morgan fingerprint density at radius 2 is 2.00 bits per heavy atom. The summed E-state index contributed by atoms with van der Waals surface area (Å²) in [6.07, 6.45) is 2.55. The molecule has 0 atom stereocenters. The molecule has 34 heavy (non-hydrogen) atoms. The number of amides is 1. The number of hydrogen-bond donors (Lipinski definition) is 1. The summed E-state index contributed by atoms with van der Waals surface area (Å²) in [5, 5.41) is 3.05. The van der Waals surface area contributed by atoms with E-state index in [0.717, 1.165) is 44.5 Å². The third-order valence-electron chi connectivity index (χ3n) is 6.07. The third-order valence-corrected chi connectivity index (χ3v) is 6.68. The Bertz CT molecular complexity index is 1120. The molecule has 2 aromatic carbocycles. The van der Waals surface area contributed by atoms with E-state index in [-0.39, 0.29) is 28.0 Å². The topological polar surface area (TPSA) is 67.9 Å². The number of benzene rings is 2. The van der Waals surface area contributed by atoms with E-state index in [1.807, 2.05) is 26.0 Å². The second-order valence-electron chi connectivity index (χ2n) is 8.81. The largest absolute Gasteiger partial charge is 0.493 e. The molecule has 0 bridgehead atoms. The van der Waals surface area contributed by atoms with Crippen molar-refractivity contribution in [2.45, 2.75) is 39.2 Å². The number of piperidine rings is 1. The fraction of sp³-hybridized carbons (Fsp3) is 0.385. The van der Waals surface area contributed by atoms with Gasteiger partial charge in [0.2, 0.25) is 5.78 Å². The number of ether oxygens (including phenoxy) is 2. The van der Waals surface area contributed by atoms with Crippen LogP contribution < -0.4 is 14.8 Å². The summed E-state index contributed by atoms with van der Waals surface area (Å²) in [5.74, 6) is 0.806. The normalized spacial score (nSPS) is 16.2. The zero-order chi connectivity index (χ0) is 24.2. The Morgan fingerprint density at radius 1 is 1.24 bits per heavy atom. The highest BCUT2D eigenvalue weighted by molar-refractivity contribution is 9.10. The lowest BCUT2D eigenvalue weighted by molar-refractivity contribution is 0.0909. The lowest BCUT2D eigenvalue weighted by Gasteiger charge is -2.32. The molecule has 0 saturated carbocycles. The highest BCUT2D eigenvalue weighted by Gasteiger charge is 2.31. The van der Waals surface area contributed by atoms with Gasteiger partial charge in [-0.15, -0.1) is 0 Å². The van der Waals surface area contributed by atoms with E-state index < -0.39 is 0 Å². The number of carbonyl (C=O) groups excluding carboxylic acids is 2. The number of rotatable bonds is 7. The molecule has 2 aliphatic rings. The van der Waals surface area contributed by atoms with Crippen LogP contribution in [0.2, 0.25) is 0 Å². The Balaban J connectivity index is 1.20. The molecule has 0 unspecified atom stereocenters. The van der Waals surface area contributed by atoms with Gasteiger partial charge in [-0.3, -0.25) is 9.59 Å². The van der Waals surface area contributed by atoms with Gasteiger partial charge in [-0.05, 0) is 84.9 Å². The van der Waals surface area contributed by atoms with Gasteiger partial charge in [0.25, 0.3) is 5.91 Å². The second kappa shape index (κ2) is 10.7. The monoisotopic (exact) mass is 530 g/mol. The molecule has 6 nitrogen and oxygen atoms in total. The lowest BCUT2D eigenvalue weighted by atomic mass is 10.0. The van der Waals surface area contributed by atoms with Gasteiger partial charge < -0.3 is 19.7 Å². The number of Topliss-reactive ketones (excluding diaryl/α,β-unsaturated/α-hetero) is 1. The number of nitrogens with one attached hydrogen (secondary N) is 1. The van der Waals surface area contributed by atoms with Crippen LogP contribution in [0.1, 0.15) is 53.8 Å². The zero-order valence-electron chi connectivity index (χ0n) is 19.3. The number of allylic oxidation sites excluding steroid dienone is 2. The summed E-state index contributed by atoms with van der Waals surface area (Å²) in [5.41, 5.74) is 1.79. The highest BCUT2D eigenvalue weighted by atomic mass is 79.9. The van der Waals surface area contributed by atoms with Crippen molar-refractivity contribution in [1.82, 2.24) is 10.2 Å². The summed E-state index contributed by atoms with van der Waals surface area (Å²) >= 11 is 3.12. The molecule has 1 fully saturated rings. The van der Waals surface area contributed by atoms with Crippen LogP contribution in [-0.4, -0.2) is 48.9 Å². The highest BCUT2D eigenvalue weighted by Crippen LogP contribution is 2.38. The molecule has 2 aromatic rings. The predicted molar refractivity (Wildman–Crippen MR) is 131 cm³/mol. The van der Waals surface area contributed by atoms with Crippen molar-refractivity contribution in [3.8, 4) is 11.5 Å². The minimum Gasteiger partial charge on any atom is -0.493 e. The van der Waals surface area contributed by atoms with Crippen LogP contribution in [0.25, 0.3) is 0 Å². The quantitative estimate of drug-likeness (QED) is 0.397. The van der Waals surface area contributed by atoms with E-state index in [2.05, 4.69) is 26.1 Å². The van der Waals surface area contributed by atoms with E-state index >= 15 is 0 Å². The van der Waals surface area contributed by atoms with Crippen LogP contribution in [0.3, 0.4) is 0 Å². The van der Waals surface area contributed by atoms with Gasteiger partial charge in [-0.25, -0.2) is 4.39 Å². The van der Waals surface area contributed by atoms with Crippen LogP contribution in [0.4, 0.5) is 4.39 Å². The number of fused-ring (bicyclic) bond motifs is 1. The van der Waals surface area contributed by atoms with E-state index in [4.69, 9.17) is 9.47 Å². The maximum Gasteiger partial charge on any atom is 0.251 e. The molecule has 1 N–H and O–H groups in total. The summed E-state index contributed by atoms with van der Waals surface area (Å²) < 4.78 is 25.3. The first-order valence-corrected chi connectivity index (χ1v) is 12.3. The first kappa shape index (κ1) is 24.4. The molecule has 0 radical (unpaired) electrons. The summed E-state index contributed by atoms with van der Waals surface area (Å²) in [6.45, 7) is 6.87. The van der Waals surface area contributed by atoms with Gasteiger partial charge in [0.15, 0.2) is 5.76 Å².